The normalized spacial score (nSPS) is 14.0. The van der Waals surface area contributed by atoms with Crippen LogP contribution in [-0.2, 0) is 11.2 Å². The summed E-state index contributed by atoms with van der Waals surface area (Å²) in [5.74, 6) is 2.51. The van der Waals surface area contributed by atoms with Crippen LogP contribution in [0.2, 0.25) is 0 Å². The van der Waals surface area contributed by atoms with Gasteiger partial charge in [-0.2, -0.15) is 0 Å². The molecule has 0 aliphatic carbocycles. The Balaban J connectivity index is 1.26. The topological polar surface area (TPSA) is 86.5 Å². The van der Waals surface area contributed by atoms with E-state index in [4.69, 9.17) is 13.9 Å². The molecule has 1 aliphatic rings. The Morgan fingerprint density at radius 3 is 2.70 bits per heavy atom. The predicted octanol–water partition coefficient (Wildman–Crippen LogP) is 4.10. The van der Waals surface area contributed by atoms with E-state index >= 15 is 0 Å². The zero-order valence-corrected chi connectivity index (χ0v) is 17.0. The molecule has 0 radical (unpaired) electrons. The maximum atomic E-state index is 12.4. The third-order valence-electron chi connectivity index (χ3n) is 4.93. The van der Waals surface area contributed by atoms with Crippen LogP contribution >= 0.6 is 0 Å². The van der Waals surface area contributed by atoms with Crippen molar-refractivity contribution in [3.8, 4) is 23.0 Å². The summed E-state index contributed by atoms with van der Waals surface area (Å²) >= 11 is 0. The van der Waals surface area contributed by atoms with E-state index in [9.17, 15) is 4.79 Å². The summed E-state index contributed by atoms with van der Waals surface area (Å²) < 4.78 is 17.1. The molecule has 7 heteroatoms. The number of nitrogens with one attached hydrogen (secondary N) is 1. The van der Waals surface area contributed by atoms with Crippen molar-refractivity contribution < 1.29 is 18.7 Å². The second-order valence-corrected chi connectivity index (χ2v) is 7.27. The molecule has 1 atom stereocenters. The van der Waals surface area contributed by atoms with E-state index in [0.29, 0.717) is 44.3 Å². The first-order valence-electron chi connectivity index (χ1n) is 10.3. The molecule has 1 aromatic heterocycles. The molecule has 1 unspecified atom stereocenters. The average molecular weight is 407 g/mol. The first kappa shape index (κ1) is 19.9. The number of rotatable bonds is 7. The molecule has 1 aliphatic heterocycles. The molecule has 0 saturated heterocycles. The summed E-state index contributed by atoms with van der Waals surface area (Å²) in [5.41, 5.74) is 1.87. The summed E-state index contributed by atoms with van der Waals surface area (Å²) in [6, 6.07) is 15.3. The zero-order valence-electron chi connectivity index (χ0n) is 17.0. The maximum Gasteiger partial charge on any atom is 0.247 e. The average Bonchev–Trinajstić information content (AvgIpc) is 3.11. The smallest absolute Gasteiger partial charge is 0.247 e. The van der Waals surface area contributed by atoms with Gasteiger partial charge >= 0.3 is 0 Å². The molecular formula is C23H25N3O4. The lowest BCUT2D eigenvalue weighted by molar-refractivity contribution is -0.121. The minimum Gasteiger partial charge on any atom is -0.490 e. The Hall–Kier alpha value is -3.35. The Morgan fingerprint density at radius 1 is 1.07 bits per heavy atom. The number of amides is 1. The summed E-state index contributed by atoms with van der Waals surface area (Å²) in [5, 5.41) is 11.2. The van der Waals surface area contributed by atoms with Gasteiger partial charge in [0, 0.05) is 24.8 Å². The van der Waals surface area contributed by atoms with Crippen molar-refractivity contribution >= 4 is 5.91 Å². The SMILES string of the molecule is CC(NC(=O)CCCc1nnc(-c2ccccc2)o1)c1ccc2c(c1)OCCCO2. The molecule has 0 saturated carbocycles. The van der Waals surface area contributed by atoms with Gasteiger partial charge in [0.2, 0.25) is 17.7 Å². The Morgan fingerprint density at radius 2 is 1.87 bits per heavy atom. The molecule has 2 aromatic carbocycles. The number of hydrogen-bond acceptors (Lipinski definition) is 6. The molecular weight excluding hydrogens is 382 g/mol. The fourth-order valence-electron chi connectivity index (χ4n) is 3.30. The molecule has 0 bridgehead atoms. The van der Waals surface area contributed by atoms with Crippen molar-refractivity contribution in [3.63, 3.8) is 0 Å². The van der Waals surface area contributed by atoms with Gasteiger partial charge in [-0.15, -0.1) is 10.2 Å². The third-order valence-corrected chi connectivity index (χ3v) is 4.93. The lowest BCUT2D eigenvalue weighted by Gasteiger charge is -2.16. The van der Waals surface area contributed by atoms with Crippen molar-refractivity contribution in [2.24, 2.45) is 0 Å². The summed E-state index contributed by atoms with van der Waals surface area (Å²) in [6.45, 7) is 3.26. The van der Waals surface area contributed by atoms with Gasteiger partial charge in [0.25, 0.3) is 0 Å². The fraction of sp³-hybridized carbons (Fsp3) is 0.348. The number of carbonyl (C=O) groups is 1. The van der Waals surface area contributed by atoms with Crippen LogP contribution in [0.4, 0.5) is 0 Å². The largest absolute Gasteiger partial charge is 0.490 e. The van der Waals surface area contributed by atoms with Gasteiger partial charge in [-0.1, -0.05) is 24.3 Å². The molecule has 0 spiro atoms. The molecule has 0 fully saturated rings. The van der Waals surface area contributed by atoms with Crippen molar-refractivity contribution in [2.75, 3.05) is 13.2 Å². The van der Waals surface area contributed by atoms with Gasteiger partial charge in [0.15, 0.2) is 11.5 Å². The van der Waals surface area contributed by atoms with Crippen LogP contribution in [0, 0.1) is 0 Å². The number of benzene rings is 2. The Kier molecular flexibility index (Phi) is 6.27. The molecule has 30 heavy (non-hydrogen) atoms. The maximum absolute atomic E-state index is 12.4. The lowest BCUT2D eigenvalue weighted by atomic mass is 10.1. The van der Waals surface area contributed by atoms with Gasteiger partial charge < -0.3 is 19.2 Å². The van der Waals surface area contributed by atoms with E-state index in [-0.39, 0.29) is 11.9 Å². The van der Waals surface area contributed by atoms with E-state index in [1.165, 1.54) is 0 Å². The molecule has 3 aromatic rings. The van der Waals surface area contributed by atoms with Gasteiger partial charge in [0.1, 0.15) is 0 Å². The highest BCUT2D eigenvalue weighted by Gasteiger charge is 2.15. The van der Waals surface area contributed by atoms with Crippen molar-refractivity contribution in [1.82, 2.24) is 15.5 Å². The van der Waals surface area contributed by atoms with Crippen molar-refractivity contribution in [2.45, 2.75) is 38.6 Å². The zero-order chi connectivity index (χ0) is 20.8. The first-order chi connectivity index (χ1) is 14.7. The van der Waals surface area contributed by atoms with Crippen LogP contribution in [0.5, 0.6) is 11.5 Å². The highest BCUT2D eigenvalue weighted by atomic mass is 16.5. The molecule has 1 N–H and O–H groups in total. The van der Waals surface area contributed by atoms with Crippen LogP contribution in [0.3, 0.4) is 0 Å². The first-order valence-corrected chi connectivity index (χ1v) is 10.3. The predicted molar refractivity (Wildman–Crippen MR) is 111 cm³/mol. The molecule has 4 rings (SSSR count). The van der Waals surface area contributed by atoms with Crippen LogP contribution < -0.4 is 14.8 Å². The number of aryl methyl sites for hydroxylation is 1. The monoisotopic (exact) mass is 407 g/mol. The fourth-order valence-corrected chi connectivity index (χ4v) is 3.30. The number of fused-ring (bicyclic) bond motifs is 1. The van der Waals surface area contributed by atoms with E-state index in [0.717, 1.165) is 29.0 Å². The summed E-state index contributed by atoms with van der Waals surface area (Å²) in [6.07, 6.45) is 2.45. The minimum absolute atomic E-state index is 0.0163. The van der Waals surface area contributed by atoms with Gasteiger partial charge in [0.05, 0.1) is 19.3 Å². The molecule has 2 heterocycles. The van der Waals surface area contributed by atoms with Gasteiger partial charge in [-0.25, -0.2) is 0 Å². The standard InChI is InChI=1S/C23H25N3O4/c1-16(18-11-12-19-20(15-18)29-14-6-13-28-19)24-21(27)9-5-10-22-25-26-23(30-22)17-7-3-2-4-8-17/h2-4,7-8,11-12,15-16H,5-6,9-10,13-14H2,1H3,(H,24,27). The van der Waals surface area contributed by atoms with Gasteiger partial charge in [-0.05, 0) is 43.2 Å². The van der Waals surface area contributed by atoms with Crippen LogP contribution in [0.25, 0.3) is 11.5 Å². The summed E-state index contributed by atoms with van der Waals surface area (Å²) in [4.78, 5) is 12.4. The highest BCUT2D eigenvalue weighted by Crippen LogP contribution is 2.32. The van der Waals surface area contributed by atoms with Crippen LogP contribution in [0.1, 0.15) is 43.7 Å². The Bertz CT molecular complexity index is 987. The van der Waals surface area contributed by atoms with E-state index in [2.05, 4.69) is 15.5 Å². The molecule has 156 valence electrons. The number of ether oxygens (including phenoxy) is 2. The molecule has 1 amide bonds. The number of carbonyl (C=O) groups excluding carboxylic acids is 1. The van der Waals surface area contributed by atoms with Crippen LogP contribution in [-0.4, -0.2) is 29.3 Å². The lowest BCUT2D eigenvalue weighted by Crippen LogP contribution is -2.26. The van der Waals surface area contributed by atoms with Crippen molar-refractivity contribution in [1.29, 1.82) is 0 Å². The molecule has 7 nitrogen and oxygen atoms in total. The number of nitrogens with zero attached hydrogens (tertiary/aromatic N) is 2. The minimum atomic E-state index is -0.122. The van der Waals surface area contributed by atoms with E-state index in [1.807, 2.05) is 55.5 Å². The number of aromatic nitrogens is 2. The summed E-state index contributed by atoms with van der Waals surface area (Å²) in [7, 11) is 0. The van der Waals surface area contributed by atoms with Crippen molar-refractivity contribution in [3.05, 3.63) is 60.0 Å². The second kappa shape index (κ2) is 9.43. The highest BCUT2D eigenvalue weighted by molar-refractivity contribution is 5.76. The second-order valence-electron chi connectivity index (χ2n) is 7.27. The van der Waals surface area contributed by atoms with E-state index < -0.39 is 0 Å². The quantitative estimate of drug-likeness (QED) is 0.635. The number of hydrogen-bond donors (Lipinski definition) is 1. The van der Waals surface area contributed by atoms with E-state index in [1.54, 1.807) is 0 Å². The Labute approximate surface area is 175 Å². The van der Waals surface area contributed by atoms with Gasteiger partial charge in [-0.3, -0.25) is 4.79 Å². The third kappa shape index (κ3) is 4.97. The van der Waals surface area contributed by atoms with Crippen LogP contribution in [0.15, 0.2) is 52.9 Å².